The predicted molar refractivity (Wildman–Crippen MR) is 102 cm³/mol. The number of ether oxygens (including phenoxy) is 2. The number of benzene rings is 2. The molecule has 6 heteroatoms. The van der Waals surface area contributed by atoms with Crippen molar-refractivity contribution in [2.24, 2.45) is 0 Å². The normalized spacial score (nSPS) is 19.2. The van der Waals surface area contributed by atoms with Gasteiger partial charge in [-0.3, -0.25) is 4.79 Å². The molecule has 2 aliphatic heterocycles. The van der Waals surface area contributed by atoms with Crippen molar-refractivity contribution < 1.29 is 14.3 Å². The predicted octanol–water partition coefficient (Wildman–Crippen LogP) is 3.90. The van der Waals surface area contributed by atoms with Crippen LogP contribution in [0.2, 0.25) is 0 Å². The summed E-state index contributed by atoms with van der Waals surface area (Å²) in [6.45, 7) is 3.29. The fraction of sp³-hybridized carbons (Fsp3) is 0.333. The summed E-state index contributed by atoms with van der Waals surface area (Å²) in [5, 5.41) is 0. The van der Waals surface area contributed by atoms with Crippen LogP contribution in [0.4, 0.5) is 5.69 Å². The number of aromatic nitrogens is 2. The molecule has 1 aromatic heterocycles. The van der Waals surface area contributed by atoms with E-state index in [4.69, 9.17) is 9.47 Å². The number of anilines is 1. The number of hydrogen-bond acceptors (Lipinski definition) is 4. The largest absolute Gasteiger partial charge is 0.493 e. The van der Waals surface area contributed by atoms with Gasteiger partial charge < -0.3 is 19.4 Å². The molecule has 0 saturated carbocycles. The molecule has 6 nitrogen and oxygen atoms in total. The van der Waals surface area contributed by atoms with Crippen LogP contribution in [0.3, 0.4) is 0 Å². The molecular weight excluding hydrogens is 342 g/mol. The van der Waals surface area contributed by atoms with Crippen molar-refractivity contribution in [2.75, 3.05) is 18.1 Å². The van der Waals surface area contributed by atoms with Gasteiger partial charge in [0.2, 0.25) is 5.91 Å². The lowest BCUT2D eigenvalue weighted by atomic mass is 10.0. The lowest BCUT2D eigenvalue weighted by Gasteiger charge is -2.27. The van der Waals surface area contributed by atoms with Gasteiger partial charge in [0.1, 0.15) is 28.9 Å². The number of carbonyl (C=O) groups is 1. The second-order valence-corrected chi connectivity index (χ2v) is 7.09. The van der Waals surface area contributed by atoms with Crippen molar-refractivity contribution in [1.29, 1.82) is 0 Å². The molecular formula is C21H21N3O3. The molecule has 0 radical (unpaired) electrons. The first-order valence-electron chi connectivity index (χ1n) is 9.38. The maximum absolute atomic E-state index is 12.2. The molecule has 1 amide bonds. The second kappa shape index (κ2) is 6.30. The summed E-state index contributed by atoms with van der Waals surface area (Å²) in [6.07, 6.45) is 2.17. The number of nitrogens with one attached hydrogen (secondary N) is 1. The number of hydrogen-bond donors (Lipinski definition) is 1. The second-order valence-electron chi connectivity index (χ2n) is 7.09. The summed E-state index contributed by atoms with van der Waals surface area (Å²) < 4.78 is 12.2. The van der Waals surface area contributed by atoms with Gasteiger partial charge in [-0.25, -0.2) is 4.98 Å². The smallest absolute Gasteiger partial charge is 0.227 e. The Morgan fingerprint density at radius 1 is 1.30 bits per heavy atom. The van der Waals surface area contributed by atoms with E-state index >= 15 is 0 Å². The highest BCUT2D eigenvalue weighted by Crippen LogP contribution is 2.39. The van der Waals surface area contributed by atoms with Crippen molar-refractivity contribution in [3.63, 3.8) is 0 Å². The van der Waals surface area contributed by atoms with Crippen LogP contribution in [0.15, 0.2) is 36.4 Å². The number of fused-ring (bicyclic) bond motifs is 2. The fourth-order valence-electron chi connectivity index (χ4n) is 3.95. The monoisotopic (exact) mass is 363 g/mol. The third-order valence-corrected chi connectivity index (χ3v) is 5.21. The number of carbonyl (C=O) groups excluding carboxylic acids is 1. The zero-order valence-corrected chi connectivity index (χ0v) is 15.2. The molecule has 0 spiro atoms. The summed E-state index contributed by atoms with van der Waals surface area (Å²) in [4.78, 5) is 21.9. The molecule has 138 valence electrons. The van der Waals surface area contributed by atoms with Crippen LogP contribution >= 0.6 is 0 Å². The Morgan fingerprint density at radius 2 is 2.19 bits per heavy atom. The number of rotatable bonds is 3. The number of aromatic amines is 1. The molecule has 1 unspecified atom stereocenters. The molecule has 1 N–H and O–H groups in total. The van der Waals surface area contributed by atoms with Crippen LogP contribution in [0.25, 0.3) is 11.0 Å². The van der Waals surface area contributed by atoms with Crippen LogP contribution < -0.4 is 14.4 Å². The average molecular weight is 363 g/mol. The van der Waals surface area contributed by atoms with E-state index in [-0.39, 0.29) is 12.0 Å². The topological polar surface area (TPSA) is 67.5 Å². The van der Waals surface area contributed by atoms with Crippen LogP contribution in [0.5, 0.6) is 11.5 Å². The van der Waals surface area contributed by atoms with Crippen LogP contribution in [0, 0.1) is 6.92 Å². The third-order valence-electron chi connectivity index (χ3n) is 5.21. The Balaban J connectivity index is 1.57. The Hall–Kier alpha value is -3.02. The molecule has 1 fully saturated rings. The van der Waals surface area contributed by atoms with Gasteiger partial charge >= 0.3 is 0 Å². The van der Waals surface area contributed by atoms with Crippen molar-refractivity contribution in [3.8, 4) is 11.5 Å². The minimum Gasteiger partial charge on any atom is -0.493 e. The van der Waals surface area contributed by atoms with E-state index in [1.54, 1.807) is 0 Å². The van der Waals surface area contributed by atoms with Crippen molar-refractivity contribution >= 4 is 22.6 Å². The molecule has 1 saturated heterocycles. The van der Waals surface area contributed by atoms with Gasteiger partial charge in [0.15, 0.2) is 0 Å². The molecule has 27 heavy (non-hydrogen) atoms. The highest BCUT2D eigenvalue weighted by atomic mass is 16.5. The van der Waals surface area contributed by atoms with Crippen LogP contribution in [-0.2, 0) is 4.79 Å². The first kappa shape index (κ1) is 16.2. The molecule has 2 aromatic carbocycles. The quantitative estimate of drug-likeness (QED) is 0.766. The minimum atomic E-state index is -0.0975. The fourth-order valence-corrected chi connectivity index (χ4v) is 3.95. The van der Waals surface area contributed by atoms with Gasteiger partial charge in [-0.2, -0.15) is 0 Å². The number of amides is 1. The van der Waals surface area contributed by atoms with E-state index in [1.807, 2.05) is 48.2 Å². The van der Waals surface area contributed by atoms with E-state index in [2.05, 4.69) is 9.97 Å². The van der Waals surface area contributed by atoms with Gasteiger partial charge in [0.05, 0.1) is 12.1 Å². The van der Waals surface area contributed by atoms with Gasteiger partial charge in [0.25, 0.3) is 0 Å². The van der Waals surface area contributed by atoms with Gasteiger partial charge in [-0.1, -0.05) is 18.2 Å². The highest BCUT2D eigenvalue weighted by Gasteiger charge is 2.26. The number of para-hydroxylation sites is 1. The molecule has 0 bridgehead atoms. The maximum Gasteiger partial charge on any atom is 0.227 e. The maximum atomic E-state index is 12.2. The summed E-state index contributed by atoms with van der Waals surface area (Å²) >= 11 is 0. The molecule has 5 rings (SSSR count). The van der Waals surface area contributed by atoms with Crippen molar-refractivity contribution in [1.82, 2.24) is 9.97 Å². The first-order chi connectivity index (χ1) is 13.2. The van der Waals surface area contributed by atoms with E-state index in [0.29, 0.717) is 18.8 Å². The molecule has 1 atom stereocenters. The summed E-state index contributed by atoms with van der Waals surface area (Å²) in [6, 6.07) is 11.9. The standard InChI is InChI=1S/C21H21N3O3/c1-13-22-16-11-14(24-9-4-7-20(24)25)12-19(21(16)23-13)27-18-8-10-26-17-6-3-2-5-15(17)18/h2-3,5-6,11-12,18H,4,7-10H2,1H3,(H,22,23). The van der Waals surface area contributed by atoms with Gasteiger partial charge in [-0.15, -0.1) is 0 Å². The Bertz CT molecular complexity index is 1030. The zero-order chi connectivity index (χ0) is 18.4. The summed E-state index contributed by atoms with van der Waals surface area (Å²) in [5.74, 6) is 2.56. The number of H-pyrrole nitrogens is 1. The lowest BCUT2D eigenvalue weighted by Crippen LogP contribution is -2.24. The van der Waals surface area contributed by atoms with Crippen LogP contribution in [-0.4, -0.2) is 29.0 Å². The molecule has 3 aromatic rings. The Labute approximate surface area is 157 Å². The summed E-state index contributed by atoms with van der Waals surface area (Å²) in [5.41, 5.74) is 3.60. The Kier molecular flexibility index (Phi) is 3.77. The first-order valence-corrected chi connectivity index (χ1v) is 9.38. The molecule has 2 aliphatic rings. The van der Waals surface area contributed by atoms with Crippen molar-refractivity contribution in [2.45, 2.75) is 32.3 Å². The zero-order valence-electron chi connectivity index (χ0n) is 15.2. The molecule has 3 heterocycles. The van der Waals surface area contributed by atoms with Gasteiger partial charge in [0, 0.05) is 36.7 Å². The van der Waals surface area contributed by atoms with Crippen LogP contribution in [0.1, 0.15) is 36.8 Å². The third kappa shape index (κ3) is 2.81. The van der Waals surface area contributed by atoms with E-state index in [0.717, 1.165) is 53.2 Å². The SMILES string of the molecule is Cc1nc2c(OC3CCOc4ccccc43)cc(N3CCCC3=O)cc2[nH]1. The van der Waals surface area contributed by atoms with E-state index in [1.165, 1.54) is 0 Å². The number of aryl methyl sites for hydroxylation is 1. The lowest BCUT2D eigenvalue weighted by molar-refractivity contribution is -0.117. The average Bonchev–Trinajstić information content (AvgIpc) is 3.26. The number of nitrogens with zero attached hydrogens (tertiary/aromatic N) is 2. The number of imidazole rings is 1. The Morgan fingerprint density at radius 3 is 3.04 bits per heavy atom. The summed E-state index contributed by atoms with van der Waals surface area (Å²) in [7, 11) is 0. The molecule has 0 aliphatic carbocycles. The minimum absolute atomic E-state index is 0.0975. The highest BCUT2D eigenvalue weighted by molar-refractivity contribution is 5.98. The van der Waals surface area contributed by atoms with E-state index in [9.17, 15) is 4.79 Å². The van der Waals surface area contributed by atoms with Gasteiger partial charge in [-0.05, 0) is 25.5 Å². The van der Waals surface area contributed by atoms with E-state index < -0.39 is 0 Å². The van der Waals surface area contributed by atoms with Crippen molar-refractivity contribution in [3.05, 3.63) is 47.8 Å².